The van der Waals surface area contributed by atoms with E-state index in [1.807, 2.05) is 23.9 Å². The van der Waals surface area contributed by atoms with E-state index in [1.54, 1.807) is 11.3 Å². The first-order chi connectivity index (χ1) is 16.0. The van der Waals surface area contributed by atoms with Crippen LogP contribution in [0.3, 0.4) is 0 Å². The normalized spacial score (nSPS) is 13.5. The molecule has 8 heteroatoms. The zero-order valence-electron chi connectivity index (χ0n) is 19.1. The number of anilines is 2. The van der Waals surface area contributed by atoms with E-state index >= 15 is 0 Å². The second-order valence-corrected chi connectivity index (χ2v) is 9.82. The summed E-state index contributed by atoms with van der Waals surface area (Å²) in [6.07, 6.45) is 8.51. The molecule has 1 aromatic carbocycles. The maximum Gasteiger partial charge on any atom is 0.341 e. The van der Waals surface area contributed by atoms with Gasteiger partial charge in [0.2, 0.25) is 0 Å². The van der Waals surface area contributed by atoms with Gasteiger partial charge in [0.05, 0.1) is 18.7 Å². The molecule has 2 N–H and O–H groups in total. The van der Waals surface area contributed by atoms with E-state index < -0.39 is 0 Å². The molecule has 0 radical (unpaired) electrons. The molecule has 2 aromatic heterocycles. The van der Waals surface area contributed by atoms with Gasteiger partial charge in [-0.3, -0.25) is 4.68 Å². The summed E-state index contributed by atoms with van der Waals surface area (Å²) in [6, 6.07) is 10.3. The largest absolute Gasteiger partial charge is 0.462 e. The van der Waals surface area contributed by atoms with Crippen molar-refractivity contribution in [3.8, 4) is 0 Å². The summed E-state index contributed by atoms with van der Waals surface area (Å²) in [6.45, 7) is 4.95. The van der Waals surface area contributed by atoms with Crippen molar-refractivity contribution in [3.63, 3.8) is 0 Å². The molecule has 0 bridgehead atoms. The number of benzene rings is 1. The molecule has 33 heavy (non-hydrogen) atoms. The Hall–Kier alpha value is -2.71. The van der Waals surface area contributed by atoms with E-state index in [-0.39, 0.29) is 5.97 Å². The number of thiocarbonyl (C=S) groups is 1. The maximum absolute atomic E-state index is 12.8. The third kappa shape index (κ3) is 6.00. The number of hydrogen-bond donors (Lipinski definition) is 2. The molecule has 1 aliphatic rings. The fourth-order valence-corrected chi connectivity index (χ4v) is 5.63. The zero-order chi connectivity index (χ0) is 23.2. The zero-order valence-corrected chi connectivity index (χ0v) is 20.8. The number of hydrogen-bond acceptors (Lipinski definition) is 5. The molecule has 0 atom stereocenters. The highest BCUT2D eigenvalue weighted by molar-refractivity contribution is 7.80. The van der Waals surface area contributed by atoms with Crippen molar-refractivity contribution in [2.24, 2.45) is 0 Å². The fourth-order valence-electron chi connectivity index (χ4n) is 4.07. The van der Waals surface area contributed by atoms with E-state index in [9.17, 15) is 4.79 Å². The van der Waals surface area contributed by atoms with Crippen molar-refractivity contribution in [2.45, 2.75) is 58.9 Å². The lowest BCUT2D eigenvalue weighted by atomic mass is 9.96. The van der Waals surface area contributed by atoms with Gasteiger partial charge in [-0.25, -0.2) is 4.79 Å². The number of esters is 1. The van der Waals surface area contributed by atoms with Gasteiger partial charge in [-0.1, -0.05) is 42.7 Å². The molecular formula is C25H30N4O2S2. The van der Waals surface area contributed by atoms with Gasteiger partial charge in [0.15, 0.2) is 10.9 Å². The predicted molar refractivity (Wildman–Crippen MR) is 139 cm³/mol. The van der Waals surface area contributed by atoms with Gasteiger partial charge in [-0.15, -0.1) is 11.3 Å². The van der Waals surface area contributed by atoms with Crippen LogP contribution < -0.4 is 10.6 Å². The van der Waals surface area contributed by atoms with Crippen LogP contribution in [0.25, 0.3) is 0 Å². The number of carbonyl (C=O) groups excluding carboxylic acids is 1. The van der Waals surface area contributed by atoms with Gasteiger partial charge < -0.3 is 15.4 Å². The predicted octanol–water partition coefficient (Wildman–Crippen LogP) is 5.95. The van der Waals surface area contributed by atoms with E-state index in [1.165, 1.54) is 28.8 Å². The van der Waals surface area contributed by atoms with Crippen molar-refractivity contribution in [2.75, 3.05) is 17.2 Å². The van der Waals surface area contributed by atoms with E-state index in [0.717, 1.165) is 36.2 Å². The van der Waals surface area contributed by atoms with Crippen molar-refractivity contribution < 1.29 is 9.53 Å². The molecule has 0 fully saturated rings. The Morgan fingerprint density at radius 2 is 1.88 bits per heavy atom. The Kier molecular flexibility index (Phi) is 7.77. The molecule has 1 aliphatic carbocycles. The molecule has 0 spiro atoms. The summed E-state index contributed by atoms with van der Waals surface area (Å²) in [5.41, 5.74) is 4.20. The number of thiophene rings is 1. The van der Waals surface area contributed by atoms with Gasteiger partial charge in [-0.2, -0.15) is 5.10 Å². The molecule has 6 nitrogen and oxygen atoms in total. The van der Waals surface area contributed by atoms with Crippen molar-refractivity contribution >= 4 is 45.5 Å². The van der Waals surface area contributed by atoms with Crippen LogP contribution in [0.5, 0.6) is 0 Å². The van der Waals surface area contributed by atoms with E-state index in [4.69, 9.17) is 17.0 Å². The highest BCUT2D eigenvalue weighted by Gasteiger charge is 2.25. The van der Waals surface area contributed by atoms with Crippen molar-refractivity contribution in [3.05, 3.63) is 63.7 Å². The lowest BCUT2D eigenvalue weighted by Crippen LogP contribution is -2.21. The first-order valence-electron chi connectivity index (χ1n) is 11.5. The molecule has 0 amide bonds. The summed E-state index contributed by atoms with van der Waals surface area (Å²) in [5, 5.41) is 12.2. The van der Waals surface area contributed by atoms with Gasteiger partial charge in [-0.05, 0) is 62.9 Å². The topological polar surface area (TPSA) is 68.2 Å². The van der Waals surface area contributed by atoms with Crippen LogP contribution in [0.2, 0.25) is 0 Å². The average molecular weight is 483 g/mol. The SMILES string of the molecule is CCOC(=O)c1c(NC(=S)Nc2ccn(Cc3ccc(C)cc3)n2)sc2c1CCCCCC2. The Balaban J connectivity index is 1.47. The minimum absolute atomic E-state index is 0.275. The van der Waals surface area contributed by atoms with E-state index in [0.29, 0.717) is 29.6 Å². The molecule has 0 aliphatic heterocycles. The van der Waals surface area contributed by atoms with Crippen LogP contribution in [0.4, 0.5) is 10.8 Å². The number of rotatable bonds is 6. The highest BCUT2D eigenvalue weighted by atomic mass is 32.1. The van der Waals surface area contributed by atoms with Crippen LogP contribution in [-0.2, 0) is 24.1 Å². The number of nitrogens with zero attached hydrogens (tertiary/aromatic N) is 2. The van der Waals surface area contributed by atoms with Crippen LogP contribution >= 0.6 is 23.6 Å². The lowest BCUT2D eigenvalue weighted by molar-refractivity contribution is 0.0526. The van der Waals surface area contributed by atoms with Crippen LogP contribution in [0.1, 0.15) is 64.5 Å². The second-order valence-electron chi connectivity index (χ2n) is 8.31. The molecule has 2 heterocycles. The minimum Gasteiger partial charge on any atom is -0.462 e. The van der Waals surface area contributed by atoms with Crippen LogP contribution in [-0.4, -0.2) is 27.5 Å². The average Bonchev–Trinajstić information content (AvgIpc) is 3.33. The van der Waals surface area contributed by atoms with Gasteiger partial charge in [0.1, 0.15) is 5.00 Å². The number of ether oxygens (including phenoxy) is 1. The number of nitrogens with one attached hydrogen (secondary N) is 2. The Bertz CT molecular complexity index is 1120. The Labute approximate surface area is 204 Å². The highest BCUT2D eigenvalue weighted by Crippen LogP contribution is 2.37. The van der Waals surface area contributed by atoms with E-state index in [2.05, 4.69) is 46.9 Å². The summed E-state index contributed by atoms with van der Waals surface area (Å²) in [7, 11) is 0. The monoisotopic (exact) mass is 482 g/mol. The molecular weight excluding hydrogens is 452 g/mol. The first kappa shape index (κ1) is 23.4. The first-order valence-corrected chi connectivity index (χ1v) is 12.7. The number of aromatic nitrogens is 2. The molecule has 4 rings (SSSR count). The quantitative estimate of drug-likeness (QED) is 0.334. The van der Waals surface area contributed by atoms with Gasteiger partial charge >= 0.3 is 5.97 Å². The molecule has 174 valence electrons. The molecule has 0 saturated heterocycles. The second kappa shape index (κ2) is 10.9. The van der Waals surface area contributed by atoms with Crippen molar-refractivity contribution in [1.29, 1.82) is 0 Å². The Morgan fingerprint density at radius 1 is 1.12 bits per heavy atom. The third-order valence-electron chi connectivity index (χ3n) is 5.73. The molecule has 0 unspecified atom stereocenters. The summed E-state index contributed by atoms with van der Waals surface area (Å²) < 4.78 is 7.25. The third-order valence-corrected chi connectivity index (χ3v) is 7.14. The fraction of sp³-hybridized carbons (Fsp3) is 0.400. The number of carbonyl (C=O) groups is 1. The Morgan fingerprint density at radius 3 is 2.64 bits per heavy atom. The molecule has 3 aromatic rings. The maximum atomic E-state index is 12.8. The lowest BCUT2D eigenvalue weighted by Gasteiger charge is -2.12. The minimum atomic E-state index is -0.275. The number of aryl methyl sites for hydroxylation is 2. The van der Waals surface area contributed by atoms with Crippen LogP contribution in [0.15, 0.2) is 36.5 Å². The smallest absolute Gasteiger partial charge is 0.341 e. The number of fused-ring (bicyclic) bond motifs is 1. The molecule has 0 saturated carbocycles. The van der Waals surface area contributed by atoms with Crippen LogP contribution in [0, 0.1) is 6.92 Å². The van der Waals surface area contributed by atoms with Gasteiger partial charge in [0, 0.05) is 17.1 Å². The van der Waals surface area contributed by atoms with Crippen molar-refractivity contribution in [1.82, 2.24) is 9.78 Å². The summed E-state index contributed by atoms with van der Waals surface area (Å²) >= 11 is 7.18. The van der Waals surface area contributed by atoms with Gasteiger partial charge in [0.25, 0.3) is 0 Å². The standard InChI is InChI=1S/C25H30N4O2S2/c1-3-31-24(30)22-19-8-6-4-5-7-9-20(19)33-23(22)27-25(32)26-21-14-15-29(28-21)16-18-12-10-17(2)11-13-18/h10-15H,3-9,16H2,1-2H3,(H2,26,27,28,32). The summed E-state index contributed by atoms with van der Waals surface area (Å²) in [4.78, 5) is 14.1. The summed E-state index contributed by atoms with van der Waals surface area (Å²) in [5.74, 6) is 0.385.